The Labute approximate surface area is 138 Å². The molecule has 1 aromatic heterocycles. The highest BCUT2D eigenvalue weighted by Crippen LogP contribution is 2.38. The molecule has 2 aliphatic heterocycles. The van der Waals surface area contributed by atoms with E-state index in [1.165, 1.54) is 24.3 Å². The fraction of sp³-hybridized carbons (Fsp3) is 0.444. The molecule has 0 aliphatic carbocycles. The minimum absolute atomic E-state index is 0.0379. The summed E-state index contributed by atoms with van der Waals surface area (Å²) in [5.41, 5.74) is 0.427. The average molecular weight is 330 g/mol. The van der Waals surface area contributed by atoms with E-state index >= 15 is 0 Å². The van der Waals surface area contributed by atoms with E-state index in [1.54, 1.807) is 4.90 Å². The first kappa shape index (κ1) is 15.3. The van der Waals surface area contributed by atoms with Gasteiger partial charge in [-0.2, -0.15) is 0 Å². The Hall–Kier alpha value is -2.21. The third-order valence-electron chi connectivity index (χ3n) is 5.17. The Morgan fingerprint density at radius 2 is 2.17 bits per heavy atom. The van der Waals surface area contributed by atoms with Crippen LogP contribution in [0, 0.1) is 11.2 Å². The normalized spacial score (nSPS) is 24.0. The number of aromatic nitrogens is 1. The largest absolute Gasteiger partial charge is 0.381 e. The zero-order chi connectivity index (χ0) is 16.7. The van der Waals surface area contributed by atoms with Crippen molar-refractivity contribution in [2.45, 2.75) is 19.3 Å². The number of fused-ring (bicyclic) bond motifs is 1. The summed E-state index contributed by atoms with van der Waals surface area (Å²) in [4.78, 5) is 29.4. The van der Waals surface area contributed by atoms with Crippen LogP contribution in [0.15, 0.2) is 29.1 Å². The van der Waals surface area contributed by atoms with Gasteiger partial charge in [0.2, 0.25) is 5.56 Å². The van der Waals surface area contributed by atoms with Crippen LogP contribution in [-0.2, 0) is 4.74 Å². The monoisotopic (exact) mass is 330 g/mol. The second-order valence-electron chi connectivity index (χ2n) is 6.87. The number of ether oxygens (including phenoxy) is 1. The number of benzene rings is 1. The number of carbonyl (C=O) groups is 1. The van der Waals surface area contributed by atoms with Gasteiger partial charge in [-0.1, -0.05) is 0 Å². The summed E-state index contributed by atoms with van der Waals surface area (Å²) in [6.07, 6.45) is 2.94. The van der Waals surface area contributed by atoms with E-state index < -0.39 is 5.82 Å². The lowest BCUT2D eigenvalue weighted by Gasteiger charge is -2.39. The maximum absolute atomic E-state index is 13.6. The molecule has 126 valence electrons. The molecule has 3 heterocycles. The number of rotatable bonds is 1. The number of hydrogen-bond donors (Lipinski definition) is 1. The molecule has 1 atom stereocenters. The molecule has 0 saturated carbocycles. The molecule has 0 radical (unpaired) electrons. The highest BCUT2D eigenvalue weighted by molar-refractivity contribution is 6.06. The molecule has 5 nitrogen and oxygen atoms in total. The van der Waals surface area contributed by atoms with Crippen molar-refractivity contribution in [3.63, 3.8) is 0 Å². The van der Waals surface area contributed by atoms with E-state index in [2.05, 4.69) is 4.98 Å². The van der Waals surface area contributed by atoms with Gasteiger partial charge in [0.25, 0.3) is 5.91 Å². The summed E-state index contributed by atoms with van der Waals surface area (Å²) in [7, 11) is 0. The summed E-state index contributed by atoms with van der Waals surface area (Å²) in [5.74, 6) is -0.634. The highest BCUT2D eigenvalue weighted by atomic mass is 19.1. The van der Waals surface area contributed by atoms with Gasteiger partial charge in [0.1, 0.15) is 5.82 Å². The lowest BCUT2D eigenvalue weighted by molar-refractivity contribution is 0.0464. The SMILES string of the molecule is O=C(c1cc(=O)[nH]c2ccc(F)cc12)N1CCC[C@]2(CCOC2)C1. The smallest absolute Gasteiger partial charge is 0.254 e. The van der Waals surface area contributed by atoms with Gasteiger partial charge in [-0.3, -0.25) is 9.59 Å². The maximum atomic E-state index is 13.6. The molecule has 1 amide bonds. The Morgan fingerprint density at radius 1 is 1.29 bits per heavy atom. The summed E-state index contributed by atoms with van der Waals surface area (Å²) in [5, 5.41) is 0.446. The first-order chi connectivity index (χ1) is 11.6. The predicted molar refractivity (Wildman–Crippen MR) is 87.5 cm³/mol. The van der Waals surface area contributed by atoms with Gasteiger partial charge < -0.3 is 14.6 Å². The fourth-order valence-electron chi connectivity index (χ4n) is 3.93. The van der Waals surface area contributed by atoms with Gasteiger partial charge in [0, 0.05) is 42.1 Å². The van der Waals surface area contributed by atoms with Gasteiger partial charge in [-0.05, 0) is 37.5 Å². The van der Waals surface area contributed by atoms with Crippen molar-refractivity contribution < 1.29 is 13.9 Å². The number of piperidine rings is 1. The number of likely N-dealkylation sites (tertiary alicyclic amines) is 1. The third-order valence-corrected chi connectivity index (χ3v) is 5.17. The maximum Gasteiger partial charge on any atom is 0.254 e. The lowest BCUT2D eigenvalue weighted by atomic mass is 9.79. The van der Waals surface area contributed by atoms with Crippen molar-refractivity contribution >= 4 is 16.8 Å². The Balaban J connectivity index is 1.72. The number of halogens is 1. The molecule has 1 aromatic carbocycles. The minimum atomic E-state index is -0.428. The summed E-state index contributed by atoms with van der Waals surface area (Å²) in [6.45, 7) is 2.71. The molecule has 2 fully saturated rings. The number of pyridine rings is 1. The van der Waals surface area contributed by atoms with E-state index in [1.807, 2.05) is 0 Å². The number of nitrogens with zero attached hydrogens (tertiary/aromatic N) is 1. The molecule has 2 aliphatic rings. The molecule has 0 unspecified atom stereocenters. The van der Waals surface area contributed by atoms with Gasteiger partial charge in [-0.25, -0.2) is 4.39 Å². The van der Waals surface area contributed by atoms with Crippen LogP contribution in [0.25, 0.3) is 10.9 Å². The van der Waals surface area contributed by atoms with Crippen molar-refractivity contribution in [3.8, 4) is 0 Å². The standard InChI is InChI=1S/C18H19FN2O3/c19-12-2-3-15-13(8-12)14(9-16(22)20-15)17(23)21-6-1-4-18(10-21)5-7-24-11-18/h2-3,8-9H,1,4-7,10-11H2,(H,20,22)/t18-/m0/s1. The van der Waals surface area contributed by atoms with Crippen LogP contribution >= 0.6 is 0 Å². The van der Waals surface area contributed by atoms with Crippen LogP contribution in [0.2, 0.25) is 0 Å². The van der Waals surface area contributed by atoms with Crippen LogP contribution < -0.4 is 5.56 Å². The molecule has 2 aromatic rings. The van der Waals surface area contributed by atoms with Crippen molar-refractivity contribution in [1.29, 1.82) is 0 Å². The first-order valence-corrected chi connectivity index (χ1v) is 8.26. The lowest BCUT2D eigenvalue weighted by Crippen LogP contribution is -2.46. The highest BCUT2D eigenvalue weighted by Gasteiger charge is 2.40. The molecule has 1 N–H and O–H groups in total. The molecular formula is C18H19FN2O3. The van der Waals surface area contributed by atoms with E-state index in [0.29, 0.717) is 30.6 Å². The Kier molecular flexibility index (Phi) is 3.64. The van der Waals surface area contributed by atoms with E-state index in [0.717, 1.165) is 25.9 Å². The minimum Gasteiger partial charge on any atom is -0.381 e. The predicted octanol–water partition coefficient (Wildman–Crippen LogP) is 2.31. The second-order valence-corrected chi connectivity index (χ2v) is 6.87. The number of carbonyl (C=O) groups excluding carboxylic acids is 1. The topological polar surface area (TPSA) is 62.4 Å². The average Bonchev–Trinajstić information content (AvgIpc) is 3.01. The molecule has 24 heavy (non-hydrogen) atoms. The van der Waals surface area contributed by atoms with Crippen molar-refractivity contribution in [1.82, 2.24) is 9.88 Å². The van der Waals surface area contributed by atoms with Crippen molar-refractivity contribution in [2.75, 3.05) is 26.3 Å². The number of amides is 1. The molecule has 4 rings (SSSR count). The Morgan fingerprint density at radius 3 is 2.96 bits per heavy atom. The number of aromatic amines is 1. The summed E-state index contributed by atoms with van der Waals surface area (Å²) >= 11 is 0. The van der Waals surface area contributed by atoms with E-state index in [-0.39, 0.29) is 22.4 Å². The number of H-pyrrole nitrogens is 1. The Bertz CT molecular complexity index is 855. The zero-order valence-corrected chi connectivity index (χ0v) is 13.3. The molecule has 6 heteroatoms. The third kappa shape index (κ3) is 2.60. The first-order valence-electron chi connectivity index (χ1n) is 8.26. The fourth-order valence-corrected chi connectivity index (χ4v) is 3.93. The van der Waals surface area contributed by atoms with E-state index in [4.69, 9.17) is 4.74 Å². The second kappa shape index (κ2) is 5.70. The number of nitrogens with one attached hydrogen (secondary N) is 1. The molecular weight excluding hydrogens is 311 g/mol. The van der Waals surface area contributed by atoms with Gasteiger partial charge in [0.05, 0.1) is 12.2 Å². The van der Waals surface area contributed by atoms with Gasteiger partial charge in [-0.15, -0.1) is 0 Å². The van der Waals surface area contributed by atoms with Crippen LogP contribution in [0.1, 0.15) is 29.6 Å². The summed E-state index contributed by atoms with van der Waals surface area (Å²) < 4.78 is 19.2. The summed E-state index contributed by atoms with van der Waals surface area (Å²) in [6, 6.07) is 5.34. The number of hydrogen-bond acceptors (Lipinski definition) is 3. The van der Waals surface area contributed by atoms with Crippen molar-refractivity contribution in [3.05, 3.63) is 46.0 Å². The zero-order valence-electron chi connectivity index (χ0n) is 13.3. The van der Waals surface area contributed by atoms with Crippen LogP contribution in [0.4, 0.5) is 4.39 Å². The van der Waals surface area contributed by atoms with Gasteiger partial charge in [0.15, 0.2) is 0 Å². The van der Waals surface area contributed by atoms with Crippen LogP contribution in [0.3, 0.4) is 0 Å². The van der Waals surface area contributed by atoms with E-state index in [9.17, 15) is 14.0 Å². The molecule has 2 saturated heterocycles. The van der Waals surface area contributed by atoms with Gasteiger partial charge >= 0.3 is 0 Å². The molecule has 0 bridgehead atoms. The molecule has 1 spiro atoms. The van der Waals surface area contributed by atoms with Crippen molar-refractivity contribution in [2.24, 2.45) is 5.41 Å². The quantitative estimate of drug-likeness (QED) is 0.873. The van der Waals surface area contributed by atoms with Crippen LogP contribution in [0.5, 0.6) is 0 Å². The van der Waals surface area contributed by atoms with Crippen LogP contribution in [-0.4, -0.2) is 42.1 Å².